The van der Waals surface area contributed by atoms with Crippen LogP contribution in [0.4, 0.5) is 5.69 Å². The second-order valence-electron chi connectivity index (χ2n) is 5.43. The fourth-order valence-corrected chi connectivity index (χ4v) is 3.23. The van der Waals surface area contributed by atoms with Gasteiger partial charge in [-0.05, 0) is 26.8 Å². The quantitative estimate of drug-likeness (QED) is 0.852. The van der Waals surface area contributed by atoms with E-state index in [2.05, 4.69) is 0 Å². The van der Waals surface area contributed by atoms with Crippen LogP contribution >= 0.6 is 0 Å². The van der Waals surface area contributed by atoms with Crippen molar-refractivity contribution in [3.05, 3.63) is 23.8 Å². The van der Waals surface area contributed by atoms with Gasteiger partial charge in [0.25, 0.3) is 0 Å². The van der Waals surface area contributed by atoms with Gasteiger partial charge in [0.2, 0.25) is 10.0 Å². The van der Waals surface area contributed by atoms with Gasteiger partial charge in [0.05, 0.1) is 11.9 Å². The smallest absolute Gasteiger partial charge is 0.232 e. The first-order chi connectivity index (χ1) is 9.15. The third-order valence-electron chi connectivity index (χ3n) is 3.41. The number of benzene rings is 1. The number of carbonyl (C=O) groups excluding carboxylic acids is 1. The Balaban J connectivity index is 2.45. The van der Waals surface area contributed by atoms with E-state index in [1.807, 2.05) is 0 Å². The van der Waals surface area contributed by atoms with Gasteiger partial charge in [0.1, 0.15) is 5.75 Å². The predicted molar refractivity (Wildman–Crippen MR) is 77.7 cm³/mol. The minimum absolute atomic E-state index is 0.0215. The molecule has 0 atom stereocenters. The molecule has 1 aliphatic heterocycles. The first-order valence-corrected chi connectivity index (χ1v) is 8.33. The van der Waals surface area contributed by atoms with Crippen LogP contribution in [0.2, 0.25) is 0 Å². The molecule has 0 unspecified atom stereocenters. The molecule has 0 bridgehead atoms. The summed E-state index contributed by atoms with van der Waals surface area (Å²) in [6.45, 7) is 5.56. The lowest BCUT2D eigenvalue weighted by Crippen LogP contribution is -2.42. The molecule has 1 aromatic carbocycles. The monoisotopic (exact) mass is 297 g/mol. The van der Waals surface area contributed by atoms with Crippen LogP contribution in [-0.2, 0) is 21.2 Å². The highest BCUT2D eigenvalue weighted by Crippen LogP contribution is 2.34. The first kappa shape index (κ1) is 14.8. The van der Waals surface area contributed by atoms with Crippen molar-refractivity contribution >= 4 is 21.5 Å². The zero-order chi connectivity index (χ0) is 15.1. The molecule has 110 valence electrons. The van der Waals surface area contributed by atoms with Gasteiger partial charge in [-0.3, -0.25) is 9.10 Å². The SMILES string of the molecule is CCN(c1ccc2c(c1)OC(C)(C)C(=O)C2)S(C)(=O)=O. The standard InChI is InChI=1S/C14H19NO4S/c1-5-15(20(4,17)18)11-7-6-10-8-13(16)14(2,3)19-12(10)9-11/h6-7,9H,5,8H2,1-4H3. The molecule has 6 heteroatoms. The van der Waals surface area contributed by atoms with E-state index < -0.39 is 15.6 Å². The Hall–Kier alpha value is -1.56. The number of rotatable bonds is 3. The largest absolute Gasteiger partial charge is 0.480 e. The molecule has 0 fully saturated rings. The highest BCUT2D eigenvalue weighted by molar-refractivity contribution is 7.92. The molecule has 2 rings (SSSR count). The molecule has 0 amide bonds. The summed E-state index contributed by atoms with van der Waals surface area (Å²) < 4.78 is 30.5. The molecule has 5 nitrogen and oxygen atoms in total. The summed E-state index contributed by atoms with van der Waals surface area (Å²) in [5.74, 6) is 0.599. The van der Waals surface area contributed by atoms with Crippen molar-refractivity contribution in [2.75, 3.05) is 17.1 Å². The summed E-state index contributed by atoms with van der Waals surface area (Å²) in [5.41, 5.74) is 0.481. The third kappa shape index (κ3) is 2.65. The Labute approximate surface area is 119 Å². The molecule has 0 saturated carbocycles. The lowest BCUT2D eigenvalue weighted by Gasteiger charge is -2.32. The van der Waals surface area contributed by atoms with Crippen LogP contribution in [0.5, 0.6) is 5.75 Å². The molecule has 1 aliphatic rings. The van der Waals surface area contributed by atoms with Gasteiger partial charge in [0.15, 0.2) is 11.4 Å². The summed E-state index contributed by atoms with van der Waals surface area (Å²) in [4.78, 5) is 11.9. The average molecular weight is 297 g/mol. The topological polar surface area (TPSA) is 63.7 Å². The second-order valence-corrected chi connectivity index (χ2v) is 7.34. The Kier molecular flexibility index (Phi) is 3.54. The second kappa shape index (κ2) is 4.77. The molecule has 1 heterocycles. The minimum atomic E-state index is -3.32. The highest BCUT2D eigenvalue weighted by atomic mass is 32.2. The Morgan fingerprint density at radius 1 is 1.35 bits per heavy atom. The van der Waals surface area contributed by atoms with Crippen molar-refractivity contribution in [2.24, 2.45) is 0 Å². The molecule has 0 saturated heterocycles. The maximum atomic E-state index is 11.9. The van der Waals surface area contributed by atoms with Gasteiger partial charge >= 0.3 is 0 Å². The van der Waals surface area contributed by atoms with E-state index in [9.17, 15) is 13.2 Å². The van der Waals surface area contributed by atoms with Crippen LogP contribution < -0.4 is 9.04 Å². The lowest BCUT2D eigenvalue weighted by atomic mass is 9.93. The van der Waals surface area contributed by atoms with E-state index in [4.69, 9.17) is 4.74 Å². The molecule has 0 aliphatic carbocycles. The third-order valence-corrected chi connectivity index (χ3v) is 4.68. The summed E-state index contributed by atoms with van der Waals surface area (Å²) in [6.07, 6.45) is 1.48. The number of hydrogen-bond donors (Lipinski definition) is 0. The predicted octanol–water partition coefficient (Wildman–Crippen LogP) is 1.76. The van der Waals surface area contributed by atoms with Crippen LogP contribution in [0, 0.1) is 0 Å². The number of anilines is 1. The lowest BCUT2D eigenvalue weighted by molar-refractivity contribution is -0.132. The van der Waals surface area contributed by atoms with Crippen molar-refractivity contribution in [1.82, 2.24) is 0 Å². The normalized spacial score (nSPS) is 17.3. The van der Waals surface area contributed by atoms with Crippen molar-refractivity contribution in [3.8, 4) is 5.75 Å². The van der Waals surface area contributed by atoms with Crippen molar-refractivity contribution in [2.45, 2.75) is 32.8 Å². The van der Waals surface area contributed by atoms with Gasteiger partial charge in [-0.15, -0.1) is 0 Å². The molecule has 1 aromatic rings. The number of carbonyl (C=O) groups is 1. The van der Waals surface area contributed by atoms with Crippen molar-refractivity contribution < 1.29 is 17.9 Å². The van der Waals surface area contributed by atoms with Crippen LogP contribution in [0.25, 0.3) is 0 Å². The number of Topliss-reactive ketones (excluding diaryl/α,β-unsaturated/α-hetero) is 1. The van der Waals surface area contributed by atoms with Gasteiger partial charge in [-0.25, -0.2) is 8.42 Å². The van der Waals surface area contributed by atoms with E-state index in [0.29, 0.717) is 24.4 Å². The summed E-state index contributed by atoms with van der Waals surface area (Å²) in [7, 11) is -3.32. The number of nitrogens with zero attached hydrogens (tertiary/aromatic N) is 1. The number of fused-ring (bicyclic) bond motifs is 1. The zero-order valence-electron chi connectivity index (χ0n) is 12.1. The van der Waals surface area contributed by atoms with Crippen molar-refractivity contribution in [3.63, 3.8) is 0 Å². The van der Waals surface area contributed by atoms with E-state index in [1.165, 1.54) is 10.6 Å². The number of ketones is 1. The molecular weight excluding hydrogens is 278 g/mol. The van der Waals surface area contributed by atoms with Gasteiger partial charge in [-0.1, -0.05) is 6.07 Å². The number of ether oxygens (including phenoxy) is 1. The van der Waals surface area contributed by atoms with E-state index >= 15 is 0 Å². The van der Waals surface area contributed by atoms with Crippen LogP contribution in [0.1, 0.15) is 26.3 Å². The molecule has 0 radical (unpaired) electrons. The highest BCUT2D eigenvalue weighted by Gasteiger charge is 2.35. The Bertz CT molecular complexity index is 649. The van der Waals surface area contributed by atoms with Gasteiger partial charge < -0.3 is 4.74 Å². The van der Waals surface area contributed by atoms with E-state index in [0.717, 1.165) is 5.56 Å². The summed E-state index contributed by atoms with van der Waals surface area (Å²) in [5, 5.41) is 0. The van der Waals surface area contributed by atoms with Gasteiger partial charge in [0, 0.05) is 24.6 Å². The summed E-state index contributed by atoms with van der Waals surface area (Å²) in [6, 6.07) is 5.15. The number of sulfonamides is 1. The van der Waals surface area contributed by atoms with Crippen molar-refractivity contribution in [1.29, 1.82) is 0 Å². The average Bonchev–Trinajstić information content (AvgIpc) is 2.29. The Morgan fingerprint density at radius 2 is 2.00 bits per heavy atom. The maximum Gasteiger partial charge on any atom is 0.232 e. The summed E-state index contributed by atoms with van der Waals surface area (Å²) >= 11 is 0. The minimum Gasteiger partial charge on any atom is -0.480 e. The van der Waals surface area contributed by atoms with Crippen LogP contribution in [-0.4, -0.2) is 32.6 Å². The van der Waals surface area contributed by atoms with Crippen LogP contribution in [0.3, 0.4) is 0 Å². The van der Waals surface area contributed by atoms with E-state index in [1.54, 1.807) is 39.0 Å². The van der Waals surface area contributed by atoms with Crippen LogP contribution in [0.15, 0.2) is 18.2 Å². The van der Waals surface area contributed by atoms with Gasteiger partial charge in [-0.2, -0.15) is 0 Å². The fraction of sp³-hybridized carbons (Fsp3) is 0.500. The molecule has 0 N–H and O–H groups in total. The first-order valence-electron chi connectivity index (χ1n) is 6.48. The molecule has 20 heavy (non-hydrogen) atoms. The molecule has 0 spiro atoms. The maximum absolute atomic E-state index is 11.9. The number of hydrogen-bond acceptors (Lipinski definition) is 4. The molecular formula is C14H19NO4S. The fourth-order valence-electron chi connectivity index (χ4n) is 2.27. The zero-order valence-corrected chi connectivity index (χ0v) is 13.0. The Morgan fingerprint density at radius 3 is 2.55 bits per heavy atom. The van der Waals surface area contributed by atoms with E-state index in [-0.39, 0.29) is 5.78 Å². The molecule has 0 aromatic heterocycles.